The second-order valence-electron chi connectivity index (χ2n) is 4.62. The summed E-state index contributed by atoms with van der Waals surface area (Å²) in [7, 11) is 0. The minimum absolute atomic E-state index is 0.549. The molecule has 0 aromatic rings. The SMILES string of the molecule is CC1CCN(CC2CCCO2)CC1. The smallest absolute Gasteiger partial charge is 0.0702 e. The molecule has 0 N–H and O–H groups in total. The van der Waals surface area contributed by atoms with Crippen molar-refractivity contribution in [2.24, 2.45) is 5.92 Å². The van der Waals surface area contributed by atoms with Gasteiger partial charge in [-0.05, 0) is 44.7 Å². The standard InChI is InChI=1S/C11H21NO/c1-10-4-6-12(7-5-10)9-11-3-2-8-13-11/h10-11H,2-9H2,1H3. The first-order valence-corrected chi connectivity index (χ1v) is 5.68. The summed E-state index contributed by atoms with van der Waals surface area (Å²) in [5.41, 5.74) is 0. The molecule has 2 fully saturated rings. The highest BCUT2D eigenvalue weighted by Crippen LogP contribution is 2.19. The summed E-state index contributed by atoms with van der Waals surface area (Å²) in [5, 5.41) is 0. The van der Waals surface area contributed by atoms with Crippen molar-refractivity contribution in [2.45, 2.75) is 38.7 Å². The summed E-state index contributed by atoms with van der Waals surface area (Å²) in [6.07, 6.45) is 5.87. The quantitative estimate of drug-likeness (QED) is 0.648. The Morgan fingerprint density at radius 3 is 2.62 bits per heavy atom. The minimum Gasteiger partial charge on any atom is -0.377 e. The van der Waals surface area contributed by atoms with Gasteiger partial charge in [0.25, 0.3) is 0 Å². The van der Waals surface area contributed by atoms with Gasteiger partial charge >= 0.3 is 0 Å². The zero-order valence-corrected chi connectivity index (χ0v) is 8.67. The van der Waals surface area contributed by atoms with Crippen molar-refractivity contribution in [3.05, 3.63) is 0 Å². The van der Waals surface area contributed by atoms with Crippen LogP contribution in [0.3, 0.4) is 0 Å². The number of rotatable bonds is 2. The van der Waals surface area contributed by atoms with E-state index >= 15 is 0 Å². The van der Waals surface area contributed by atoms with Gasteiger partial charge in [0.05, 0.1) is 6.10 Å². The maximum atomic E-state index is 5.64. The molecule has 76 valence electrons. The van der Waals surface area contributed by atoms with E-state index in [1.165, 1.54) is 45.3 Å². The van der Waals surface area contributed by atoms with Crippen LogP contribution in [0.25, 0.3) is 0 Å². The van der Waals surface area contributed by atoms with Gasteiger partial charge in [0, 0.05) is 13.2 Å². The second-order valence-corrected chi connectivity index (χ2v) is 4.62. The van der Waals surface area contributed by atoms with Gasteiger partial charge in [-0.2, -0.15) is 0 Å². The Kier molecular flexibility index (Phi) is 3.23. The number of ether oxygens (including phenoxy) is 1. The molecule has 0 aliphatic carbocycles. The predicted octanol–water partition coefficient (Wildman–Crippen LogP) is 1.90. The van der Waals surface area contributed by atoms with Gasteiger partial charge < -0.3 is 9.64 Å². The lowest BCUT2D eigenvalue weighted by atomic mass is 9.99. The molecule has 2 rings (SSSR count). The molecule has 1 atom stereocenters. The van der Waals surface area contributed by atoms with Crippen molar-refractivity contribution in [1.29, 1.82) is 0 Å². The lowest BCUT2D eigenvalue weighted by molar-refractivity contribution is 0.0611. The average Bonchev–Trinajstić information content (AvgIpc) is 2.62. The van der Waals surface area contributed by atoms with Crippen LogP contribution in [0, 0.1) is 5.92 Å². The molecule has 2 heteroatoms. The fourth-order valence-corrected chi connectivity index (χ4v) is 2.32. The Morgan fingerprint density at radius 1 is 1.23 bits per heavy atom. The van der Waals surface area contributed by atoms with E-state index in [0.717, 1.165) is 12.5 Å². The molecule has 0 spiro atoms. The van der Waals surface area contributed by atoms with E-state index in [2.05, 4.69) is 11.8 Å². The van der Waals surface area contributed by atoms with E-state index in [0.29, 0.717) is 6.10 Å². The molecule has 2 aliphatic rings. The second kappa shape index (κ2) is 4.43. The van der Waals surface area contributed by atoms with Crippen molar-refractivity contribution in [1.82, 2.24) is 4.90 Å². The Labute approximate surface area is 81.3 Å². The molecule has 0 bridgehead atoms. The first-order chi connectivity index (χ1) is 6.34. The van der Waals surface area contributed by atoms with Crippen molar-refractivity contribution < 1.29 is 4.74 Å². The zero-order chi connectivity index (χ0) is 9.10. The Balaban J connectivity index is 1.69. The van der Waals surface area contributed by atoms with E-state index in [1.807, 2.05) is 0 Å². The lowest BCUT2D eigenvalue weighted by Crippen LogP contribution is -2.38. The summed E-state index contributed by atoms with van der Waals surface area (Å²) >= 11 is 0. The molecule has 0 radical (unpaired) electrons. The fraction of sp³-hybridized carbons (Fsp3) is 1.00. The van der Waals surface area contributed by atoms with Crippen LogP contribution in [0.4, 0.5) is 0 Å². The molecule has 0 aromatic heterocycles. The largest absolute Gasteiger partial charge is 0.377 e. The maximum Gasteiger partial charge on any atom is 0.0702 e. The maximum absolute atomic E-state index is 5.64. The first kappa shape index (κ1) is 9.47. The Hall–Kier alpha value is -0.0800. The molecule has 2 saturated heterocycles. The molecule has 0 saturated carbocycles. The highest BCUT2D eigenvalue weighted by atomic mass is 16.5. The fourth-order valence-electron chi connectivity index (χ4n) is 2.32. The summed E-state index contributed by atoms with van der Waals surface area (Å²) in [5.74, 6) is 0.945. The molecule has 2 heterocycles. The normalized spacial score (nSPS) is 32.5. The van der Waals surface area contributed by atoms with Gasteiger partial charge in [0.15, 0.2) is 0 Å². The van der Waals surface area contributed by atoms with Crippen molar-refractivity contribution in [3.8, 4) is 0 Å². The number of likely N-dealkylation sites (tertiary alicyclic amines) is 1. The van der Waals surface area contributed by atoms with Gasteiger partial charge in [-0.15, -0.1) is 0 Å². The molecule has 0 amide bonds. The van der Waals surface area contributed by atoms with Crippen LogP contribution in [-0.2, 0) is 4.74 Å². The summed E-state index contributed by atoms with van der Waals surface area (Å²) in [4.78, 5) is 2.58. The van der Waals surface area contributed by atoms with Crippen LogP contribution < -0.4 is 0 Å². The van der Waals surface area contributed by atoms with Crippen LogP contribution >= 0.6 is 0 Å². The molecule has 2 nitrogen and oxygen atoms in total. The summed E-state index contributed by atoms with van der Waals surface area (Å²) < 4.78 is 5.64. The van der Waals surface area contributed by atoms with Gasteiger partial charge in [-0.1, -0.05) is 6.92 Å². The third kappa shape index (κ3) is 2.68. The van der Waals surface area contributed by atoms with Crippen LogP contribution in [0.5, 0.6) is 0 Å². The van der Waals surface area contributed by atoms with Crippen molar-refractivity contribution in [3.63, 3.8) is 0 Å². The molecule has 0 aromatic carbocycles. The highest BCUT2D eigenvalue weighted by Gasteiger charge is 2.21. The van der Waals surface area contributed by atoms with Gasteiger partial charge in [0.1, 0.15) is 0 Å². The van der Waals surface area contributed by atoms with Gasteiger partial charge in [-0.25, -0.2) is 0 Å². The van der Waals surface area contributed by atoms with Gasteiger partial charge in [-0.3, -0.25) is 0 Å². The third-order valence-corrected chi connectivity index (χ3v) is 3.36. The topological polar surface area (TPSA) is 12.5 Å². The molecule has 13 heavy (non-hydrogen) atoms. The average molecular weight is 183 g/mol. The monoisotopic (exact) mass is 183 g/mol. The first-order valence-electron chi connectivity index (χ1n) is 5.68. The summed E-state index contributed by atoms with van der Waals surface area (Å²) in [6, 6.07) is 0. The number of hydrogen-bond acceptors (Lipinski definition) is 2. The van der Waals surface area contributed by atoms with Crippen molar-refractivity contribution >= 4 is 0 Å². The van der Waals surface area contributed by atoms with Crippen molar-refractivity contribution in [2.75, 3.05) is 26.2 Å². The molecule has 2 aliphatic heterocycles. The van der Waals surface area contributed by atoms with Crippen LogP contribution in [0.2, 0.25) is 0 Å². The number of nitrogens with zero attached hydrogens (tertiary/aromatic N) is 1. The van der Waals surface area contributed by atoms with Crippen LogP contribution in [0.1, 0.15) is 32.6 Å². The van der Waals surface area contributed by atoms with E-state index in [-0.39, 0.29) is 0 Å². The summed E-state index contributed by atoms with van der Waals surface area (Å²) in [6.45, 7) is 7.13. The zero-order valence-electron chi connectivity index (χ0n) is 8.67. The highest BCUT2D eigenvalue weighted by molar-refractivity contribution is 4.74. The Morgan fingerprint density at radius 2 is 2.00 bits per heavy atom. The van der Waals surface area contributed by atoms with E-state index < -0.39 is 0 Å². The van der Waals surface area contributed by atoms with E-state index in [1.54, 1.807) is 0 Å². The predicted molar refractivity (Wildman–Crippen MR) is 53.8 cm³/mol. The molecular weight excluding hydrogens is 162 g/mol. The van der Waals surface area contributed by atoms with Crippen LogP contribution in [-0.4, -0.2) is 37.2 Å². The number of piperidine rings is 1. The molecule has 1 unspecified atom stereocenters. The minimum atomic E-state index is 0.549. The van der Waals surface area contributed by atoms with Crippen LogP contribution in [0.15, 0.2) is 0 Å². The van der Waals surface area contributed by atoms with E-state index in [9.17, 15) is 0 Å². The van der Waals surface area contributed by atoms with E-state index in [4.69, 9.17) is 4.74 Å². The number of hydrogen-bond donors (Lipinski definition) is 0. The molecular formula is C11H21NO. The Bertz CT molecular complexity index is 146. The lowest BCUT2D eigenvalue weighted by Gasteiger charge is -2.31. The third-order valence-electron chi connectivity index (χ3n) is 3.36. The van der Waals surface area contributed by atoms with Gasteiger partial charge in [0.2, 0.25) is 0 Å².